The van der Waals surface area contributed by atoms with E-state index < -0.39 is 0 Å². The van der Waals surface area contributed by atoms with Crippen LogP contribution in [0.3, 0.4) is 0 Å². The van der Waals surface area contributed by atoms with E-state index in [9.17, 15) is 4.79 Å². The average Bonchev–Trinajstić information content (AvgIpc) is 2.86. The van der Waals surface area contributed by atoms with E-state index in [2.05, 4.69) is 10.6 Å². The van der Waals surface area contributed by atoms with Crippen LogP contribution in [0.5, 0.6) is 0 Å². The molecule has 1 aliphatic carbocycles. The van der Waals surface area contributed by atoms with Gasteiger partial charge in [0.1, 0.15) is 0 Å². The van der Waals surface area contributed by atoms with Crippen molar-refractivity contribution in [3.05, 3.63) is 23.8 Å². The highest BCUT2D eigenvalue weighted by Gasteiger charge is 2.28. The highest BCUT2D eigenvalue weighted by atomic mass is 16.5. The van der Waals surface area contributed by atoms with Crippen LogP contribution in [0.4, 0.5) is 11.4 Å². The third-order valence-electron chi connectivity index (χ3n) is 3.72. The normalized spacial score (nSPS) is 21.7. The van der Waals surface area contributed by atoms with Crippen LogP contribution in [0.25, 0.3) is 0 Å². The van der Waals surface area contributed by atoms with Crippen LogP contribution in [0.15, 0.2) is 18.2 Å². The molecule has 0 radical (unpaired) electrons. The van der Waals surface area contributed by atoms with Crippen LogP contribution in [-0.2, 0) is 4.74 Å². The third-order valence-corrected chi connectivity index (χ3v) is 3.72. The Labute approximate surface area is 119 Å². The zero-order valence-corrected chi connectivity index (χ0v) is 12.1. The second kappa shape index (κ2) is 6.61. The number of ether oxygens (including phenoxy) is 1. The molecule has 0 aromatic heterocycles. The zero-order valence-electron chi connectivity index (χ0n) is 12.1. The van der Waals surface area contributed by atoms with Gasteiger partial charge < -0.3 is 21.1 Å². The average molecular weight is 277 g/mol. The highest BCUT2D eigenvalue weighted by Crippen LogP contribution is 2.27. The Morgan fingerprint density at radius 2 is 2.25 bits per heavy atom. The van der Waals surface area contributed by atoms with Crippen LogP contribution in [0.2, 0.25) is 0 Å². The number of rotatable bonds is 5. The summed E-state index contributed by atoms with van der Waals surface area (Å²) >= 11 is 0. The summed E-state index contributed by atoms with van der Waals surface area (Å²) in [4.78, 5) is 12.1. The van der Waals surface area contributed by atoms with E-state index >= 15 is 0 Å². The molecule has 4 N–H and O–H groups in total. The molecule has 2 rings (SSSR count). The first-order valence-corrected chi connectivity index (χ1v) is 7.12. The predicted molar refractivity (Wildman–Crippen MR) is 80.9 cm³/mol. The van der Waals surface area contributed by atoms with Gasteiger partial charge >= 0.3 is 0 Å². The number of hydrogen-bond acceptors (Lipinski definition) is 4. The number of carbonyl (C=O) groups excluding carboxylic acids is 1. The van der Waals surface area contributed by atoms with E-state index in [4.69, 9.17) is 10.5 Å². The molecule has 1 aromatic rings. The summed E-state index contributed by atoms with van der Waals surface area (Å²) in [6.07, 6.45) is 3.42. The second-order valence-corrected chi connectivity index (χ2v) is 5.12. The van der Waals surface area contributed by atoms with Gasteiger partial charge in [-0.15, -0.1) is 0 Å². The summed E-state index contributed by atoms with van der Waals surface area (Å²) in [5, 5.41) is 6.25. The van der Waals surface area contributed by atoms with Gasteiger partial charge in [0.15, 0.2) is 0 Å². The van der Waals surface area contributed by atoms with Crippen LogP contribution in [-0.4, -0.2) is 31.7 Å². The number of methoxy groups -OCH3 is 1. The molecule has 5 nitrogen and oxygen atoms in total. The van der Waals surface area contributed by atoms with Gasteiger partial charge in [-0.25, -0.2) is 0 Å². The quantitative estimate of drug-likeness (QED) is 0.719. The number of carbonyl (C=O) groups is 1. The fraction of sp³-hybridized carbons (Fsp3) is 0.533. The summed E-state index contributed by atoms with van der Waals surface area (Å²) in [5.41, 5.74) is 7.90. The molecular formula is C15H23N3O2. The molecule has 0 saturated heterocycles. The number of amides is 1. The third kappa shape index (κ3) is 3.22. The maximum atomic E-state index is 12.1. The van der Waals surface area contributed by atoms with Crippen LogP contribution in [0.1, 0.15) is 36.5 Å². The van der Waals surface area contributed by atoms with Gasteiger partial charge in [-0.3, -0.25) is 4.79 Å². The summed E-state index contributed by atoms with van der Waals surface area (Å²) in [7, 11) is 1.73. The van der Waals surface area contributed by atoms with Crippen LogP contribution in [0, 0.1) is 0 Å². The Hall–Kier alpha value is -1.75. The van der Waals surface area contributed by atoms with E-state index in [1.54, 1.807) is 19.2 Å². The lowest BCUT2D eigenvalue weighted by atomic mass is 10.1. The minimum Gasteiger partial charge on any atom is -0.399 e. The van der Waals surface area contributed by atoms with Crippen LogP contribution >= 0.6 is 0 Å². The number of nitrogen functional groups attached to an aromatic ring is 1. The predicted octanol–water partition coefficient (Wildman–Crippen LogP) is 2.00. The Morgan fingerprint density at radius 3 is 2.95 bits per heavy atom. The first-order valence-electron chi connectivity index (χ1n) is 7.12. The minimum atomic E-state index is -0.0815. The molecule has 2 unspecified atom stereocenters. The number of benzene rings is 1. The van der Waals surface area contributed by atoms with Crippen molar-refractivity contribution in [2.24, 2.45) is 0 Å². The molecule has 20 heavy (non-hydrogen) atoms. The monoisotopic (exact) mass is 277 g/mol. The minimum absolute atomic E-state index is 0.0815. The number of nitrogens with one attached hydrogen (secondary N) is 2. The fourth-order valence-corrected chi connectivity index (χ4v) is 2.71. The van der Waals surface area contributed by atoms with Gasteiger partial charge in [0.2, 0.25) is 0 Å². The van der Waals surface area contributed by atoms with E-state index in [1.165, 1.54) is 0 Å². The Kier molecular flexibility index (Phi) is 4.84. The molecule has 0 spiro atoms. The van der Waals surface area contributed by atoms with Crippen molar-refractivity contribution >= 4 is 17.3 Å². The van der Waals surface area contributed by atoms with E-state index in [1.807, 2.05) is 13.0 Å². The molecule has 0 aliphatic heterocycles. The molecule has 1 aliphatic rings. The number of hydrogen-bond donors (Lipinski definition) is 3. The lowest BCUT2D eigenvalue weighted by Gasteiger charge is -2.22. The van der Waals surface area contributed by atoms with Crippen molar-refractivity contribution in [3.8, 4) is 0 Å². The van der Waals surface area contributed by atoms with Gasteiger partial charge in [-0.2, -0.15) is 0 Å². The summed E-state index contributed by atoms with van der Waals surface area (Å²) in [5.74, 6) is -0.0815. The first kappa shape index (κ1) is 14.7. The van der Waals surface area contributed by atoms with Crippen molar-refractivity contribution in [2.75, 3.05) is 24.7 Å². The van der Waals surface area contributed by atoms with Gasteiger partial charge in [-0.05, 0) is 44.4 Å². The standard InChI is InChI=1S/C15H23N3O2/c1-3-17-15(19)11-8-7-10(16)9-13(11)18-12-5-4-6-14(12)20-2/h7-9,12,14,18H,3-6,16H2,1-2H3,(H,17,19). The Morgan fingerprint density at radius 1 is 1.45 bits per heavy atom. The van der Waals surface area contributed by atoms with Gasteiger partial charge in [0.25, 0.3) is 5.91 Å². The first-order chi connectivity index (χ1) is 9.65. The lowest BCUT2D eigenvalue weighted by Crippen LogP contribution is -2.31. The van der Waals surface area contributed by atoms with E-state index in [0.717, 1.165) is 24.9 Å². The molecule has 1 fully saturated rings. The number of nitrogens with two attached hydrogens (primary N) is 1. The van der Waals surface area contributed by atoms with E-state index in [0.29, 0.717) is 17.8 Å². The summed E-state index contributed by atoms with van der Waals surface area (Å²) in [6.45, 7) is 2.51. The smallest absolute Gasteiger partial charge is 0.253 e. The van der Waals surface area contributed by atoms with Gasteiger partial charge in [0, 0.05) is 25.0 Å². The Balaban J connectivity index is 2.21. The molecule has 1 amide bonds. The highest BCUT2D eigenvalue weighted by molar-refractivity contribution is 6.00. The maximum Gasteiger partial charge on any atom is 0.253 e. The molecular weight excluding hydrogens is 254 g/mol. The Bertz CT molecular complexity index is 476. The molecule has 5 heteroatoms. The van der Waals surface area contributed by atoms with Crippen molar-refractivity contribution in [3.63, 3.8) is 0 Å². The largest absolute Gasteiger partial charge is 0.399 e. The topological polar surface area (TPSA) is 76.4 Å². The number of anilines is 2. The summed E-state index contributed by atoms with van der Waals surface area (Å²) < 4.78 is 5.48. The van der Waals surface area contributed by atoms with Crippen molar-refractivity contribution in [2.45, 2.75) is 38.3 Å². The summed E-state index contributed by atoms with van der Waals surface area (Å²) in [6, 6.07) is 5.56. The molecule has 2 atom stereocenters. The molecule has 1 aromatic carbocycles. The molecule has 1 saturated carbocycles. The SMILES string of the molecule is CCNC(=O)c1ccc(N)cc1NC1CCCC1OC. The van der Waals surface area contributed by atoms with Crippen molar-refractivity contribution in [1.82, 2.24) is 5.32 Å². The second-order valence-electron chi connectivity index (χ2n) is 5.12. The van der Waals surface area contributed by atoms with Crippen molar-refractivity contribution in [1.29, 1.82) is 0 Å². The van der Waals surface area contributed by atoms with Crippen LogP contribution < -0.4 is 16.4 Å². The van der Waals surface area contributed by atoms with E-state index in [-0.39, 0.29) is 18.1 Å². The molecule has 110 valence electrons. The fourth-order valence-electron chi connectivity index (χ4n) is 2.71. The zero-order chi connectivity index (χ0) is 14.5. The molecule has 0 heterocycles. The lowest BCUT2D eigenvalue weighted by molar-refractivity contribution is 0.0953. The van der Waals surface area contributed by atoms with Crippen molar-refractivity contribution < 1.29 is 9.53 Å². The van der Waals surface area contributed by atoms with Gasteiger partial charge in [0.05, 0.1) is 17.7 Å². The molecule has 0 bridgehead atoms. The maximum absolute atomic E-state index is 12.1. The van der Waals surface area contributed by atoms with Gasteiger partial charge in [-0.1, -0.05) is 0 Å².